The van der Waals surface area contributed by atoms with Crippen LogP contribution in [0.25, 0.3) is 0 Å². The Hall–Kier alpha value is -2.41. The maximum Gasteiger partial charge on any atom is 0.416 e. The molecule has 2 unspecified atom stereocenters. The lowest BCUT2D eigenvalue weighted by Crippen LogP contribution is -2.23. The van der Waals surface area contributed by atoms with E-state index in [0.29, 0.717) is 16.7 Å². The second kappa shape index (κ2) is 7.23. The molecule has 0 fully saturated rings. The maximum absolute atomic E-state index is 12.8. The van der Waals surface area contributed by atoms with E-state index in [1.807, 2.05) is 6.92 Å². The minimum Gasteiger partial charge on any atom is -0.304 e. The predicted molar refractivity (Wildman–Crippen MR) is 89.2 cm³/mol. The van der Waals surface area contributed by atoms with Crippen LogP contribution in [0.3, 0.4) is 0 Å². The van der Waals surface area contributed by atoms with Gasteiger partial charge in [0.25, 0.3) is 5.69 Å². The largest absolute Gasteiger partial charge is 0.416 e. The van der Waals surface area contributed by atoms with E-state index in [4.69, 9.17) is 0 Å². The molecule has 0 bridgehead atoms. The summed E-state index contributed by atoms with van der Waals surface area (Å²) >= 11 is 0. The molecule has 4 nitrogen and oxygen atoms in total. The molecule has 7 heteroatoms. The first-order chi connectivity index (χ1) is 11.6. The number of hydrogen-bond acceptors (Lipinski definition) is 3. The molecule has 0 saturated carbocycles. The molecule has 134 valence electrons. The fourth-order valence-corrected chi connectivity index (χ4v) is 2.64. The maximum atomic E-state index is 12.8. The van der Waals surface area contributed by atoms with E-state index in [2.05, 4.69) is 5.32 Å². The van der Waals surface area contributed by atoms with E-state index in [1.165, 1.54) is 12.1 Å². The molecule has 2 aromatic rings. The summed E-state index contributed by atoms with van der Waals surface area (Å²) in [7, 11) is 0. The van der Waals surface area contributed by atoms with Gasteiger partial charge in [-0.05, 0) is 44.0 Å². The van der Waals surface area contributed by atoms with Gasteiger partial charge in [0.05, 0.1) is 10.5 Å². The number of aryl methyl sites for hydroxylation is 1. The summed E-state index contributed by atoms with van der Waals surface area (Å²) in [5, 5.41) is 14.2. The fourth-order valence-electron chi connectivity index (χ4n) is 2.64. The number of benzene rings is 2. The van der Waals surface area contributed by atoms with Gasteiger partial charge < -0.3 is 5.32 Å². The number of nitrogens with zero attached hydrogens (tertiary/aromatic N) is 1. The van der Waals surface area contributed by atoms with Crippen LogP contribution in [0.2, 0.25) is 0 Å². The van der Waals surface area contributed by atoms with Gasteiger partial charge in [-0.2, -0.15) is 13.2 Å². The zero-order valence-electron chi connectivity index (χ0n) is 14.1. The molecule has 0 heterocycles. The number of nitro benzene ring substituents is 1. The van der Waals surface area contributed by atoms with Crippen LogP contribution in [-0.4, -0.2) is 4.92 Å². The average Bonchev–Trinajstić information content (AvgIpc) is 2.54. The third-order valence-corrected chi connectivity index (χ3v) is 4.14. The molecule has 0 spiro atoms. The van der Waals surface area contributed by atoms with Crippen LogP contribution in [0.4, 0.5) is 18.9 Å². The Labute approximate surface area is 143 Å². The molecule has 2 rings (SSSR count). The van der Waals surface area contributed by atoms with Gasteiger partial charge >= 0.3 is 6.18 Å². The molecule has 25 heavy (non-hydrogen) atoms. The summed E-state index contributed by atoms with van der Waals surface area (Å²) in [5.74, 6) is 0. The van der Waals surface area contributed by atoms with Gasteiger partial charge in [0.2, 0.25) is 0 Å². The van der Waals surface area contributed by atoms with Crippen LogP contribution in [0.15, 0.2) is 42.5 Å². The van der Waals surface area contributed by atoms with Gasteiger partial charge in [0.15, 0.2) is 0 Å². The summed E-state index contributed by atoms with van der Waals surface area (Å²) in [4.78, 5) is 10.6. The van der Waals surface area contributed by atoms with Gasteiger partial charge in [-0.3, -0.25) is 10.1 Å². The van der Waals surface area contributed by atoms with Crippen LogP contribution in [-0.2, 0) is 6.18 Å². The van der Waals surface area contributed by atoms with E-state index < -0.39 is 16.7 Å². The lowest BCUT2D eigenvalue weighted by atomic mass is 10.0. The van der Waals surface area contributed by atoms with Gasteiger partial charge in [0, 0.05) is 23.7 Å². The number of hydrogen-bond donors (Lipinski definition) is 1. The first kappa shape index (κ1) is 18.9. The first-order valence-corrected chi connectivity index (χ1v) is 7.77. The average molecular weight is 352 g/mol. The second-order valence-electron chi connectivity index (χ2n) is 6.04. The summed E-state index contributed by atoms with van der Waals surface area (Å²) < 4.78 is 38.5. The van der Waals surface area contributed by atoms with E-state index in [1.54, 1.807) is 32.0 Å². The van der Waals surface area contributed by atoms with Crippen LogP contribution in [0, 0.1) is 17.0 Å². The standard InChI is InChI=1S/C18H19F3N2O2/c1-11-7-8-15(10-17(11)23(24)25)13(3)22-12(2)14-5-4-6-16(9-14)18(19,20)21/h4-10,12-13,22H,1-3H3. The summed E-state index contributed by atoms with van der Waals surface area (Å²) in [6, 6.07) is 9.46. The van der Waals surface area contributed by atoms with Crippen molar-refractivity contribution in [3.05, 3.63) is 74.8 Å². The van der Waals surface area contributed by atoms with Crippen molar-refractivity contribution in [2.75, 3.05) is 0 Å². The molecule has 0 aliphatic rings. The molecule has 2 aromatic carbocycles. The van der Waals surface area contributed by atoms with Gasteiger partial charge in [-0.25, -0.2) is 0 Å². The van der Waals surface area contributed by atoms with Gasteiger partial charge in [-0.1, -0.05) is 24.3 Å². The van der Waals surface area contributed by atoms with Crippen molar-refractivity contribution in [3.63, 3.8) is 0 Å². The fraction of sp³-hybridized carbons (Fsp3) is 0.333. The Morgan fingerprint density at radius 2 is 1.64 bits per heavy atom. The highest BCUT2D eigenvalue weighted by molar-refractivity contribution is 5.43. The first-order valence-electron chi connectivity index (χ1n) is 7.77. The van der Waals surface area contributed by atoms with Crippen LogP contribution in [0.1, 0.15) is 48.2 Å². The van der Waals surface area contributed by atoms with Crippen LogP contribution in [0.5, 0.6) is 0 Å². The molecular weight excluding hydrogens is 333 g/mol. The van der Waals surface area contributed by atoms with Gasteiger partial charge in [0.1, 0.15) is 0 Å². The quantitative estimate of drug-likeness (QED) is 0.584. The van der Waals surface area contributed by atoms with Crippen LogP contribution < -0.4 is 5.32 Å². The van der Waals surface area contributed by atoms with Crippen molar-refractivity contribution in [1.29, 1.82) is 0 Å². The third-order valence-electron chi connectivity index (χ3n) is 4.14. The highest BCUT2D eigenvalue weighted by Gasteiger charge is 2.30. The van der Waals surface area contributed by atoms with Gasteiger partial charge in [-0.15, -0.1) is 0 Å². The smallest absolute Gasteiger partial charge is 0.304 e. The van der Waals surface area contributed by atoms with Crippen molar-refractivity contribution >= 4 is 5.69 Å². The molecule has 0 aromatic heterocycles. The Kier molecular flexibility index (Phi) is 5.47. The SMILES string of the molecule is Cc1ccc(C(C)NC(C)c2cccc(C(F)(F)F)c2)cc1[N+](=O)[O-]. The summed E-state index contributed by atoms with van der Waals surface area (Å²) in [5.41, 5.74) is 1.10. The molecular formula is C18H19F3N2O2. The molecule has 0 aliphatic heterocycles. The zero-order valence-corrected chi connectivity index (χ0v) is 14.1. The number of nitro groups is 1. The third kappa shape index (κ3) is 4.57. The molecule has 0 amide bonds. The Balaban J connectivity index is 2.19. The number of alkyl halides is 3. The number of nitrogens with one attached hydrogen (secondary N) is 1. The lowest BCUT2D eigenvalue weighted by molar-refractivity contribution is -0.385. The zero-order chi connectivity index (χ0) is 18.8. The normalized spacial score (nSPS) is 14.2. The molecule has 0 saturated heterocycles. The predicted octanol–water partition coefficient (Wildman–Crippen LogP) is 5.33. The van der Waals surface area contributed by atoms with Crippen molar-refractivity contribution < 1.29 is 18.1 Å². The Morgan fingerprint density at radius 3 is 2.20 bits per heavy atom. The van der Waals surface area contributed by atoms with Crippen molar-refractivity contribution in [1.82, 2.24) is 5.32 Å². The van der Waals surface area contributed by atoms with E-state index in [0.717, 1.165) is 12.1 Å². The highest BCUT2D eigenvalue weighted by Crippen LogP contribution is 2.31. The molecule has 2 atom stereocenters. The number of rotatable bonds is 5. The topological polar surface area (TPSA) is 55.2 Å². The van der Waals surface area contributed by atoms with E-state index >= 15 is 0 Å². The molecule has 1 N–H and O–H groups in total. The molecule has 0 aliphatic carbocycles. The Bertz CT molecular complexity index is 775. The minimum atomic E-state index is -4.39. The minimum absolute atomic E-state index is 0.0258. The van der Waals surface area contributed by atoms with Crippen LogP contribution >= 0.6 is 0 Å². The van der Waals surface area contributed by atoms with E-state index in [-0.39, 0.29) is 17.8 Å². The van der Waals surface area contributed by atoms with E-state index in [9.17, 15) is 23.3 Å². The molecule has 0 radical (unpaired) electrons. The summed E-state index contributed by atoms with van der Waals surface area (Å²) in [6.45, 7) is 5.23. The Morgan fingerprint density at radius 1 is 1.04 bits per heavy atom. The summed E-state index contributed by atoms with van der Waals surface area (Å²) in [6.07, 6.45) is -4.39. The number of halogens is 3. The van der Waals surface area contributed by atoms with Crippen molar-refractivity contribution in [2.45, 2.75) is 39.0 Å². The van der Waals surface area contributed by atoms with Crippen molar-refractivity contribution in [3.8, 4) is 0 Å². The monoisotopic (exact) mass is 352 g/mol. The highest BCUT2D eigenvalue weighted by atomic mass is 19.4. The lowest BCUT2D eigenvalue weighted by Gasteiger charge is -2.21. The van der Waals surface area contributed by atoms with Crippen molar-refractivity contribution in [2.24, 2.45) is 0 Å². The second-order valence-corrected chi connectivity index (χ2v) is 6.04.